The first kappa shape index (κ1) is 31.7. The van der Waals surface area contributed by atoms with Gasteiger partial charge in [-0.1, -0.05) is 41.9 Å². The number of anilines is 2. The number of amides is 3. The molecule has 0 saturated carbocycles. The summed E-state index contributed by atoms with van der Waals surface area (Å²) in [5.41, 5.74) is 4.42. The van der Waals surface area contributed by atoms with Crippen molar-refractivity contribution in [1.29, 1.82) is 0 Å². The number of para-hydroxylation sites is 1. The molecule has 0 saturated heterocycles. The molecule has 3 amide bonds. The maximum Gasteiger partial charge on any atom is 0.276 e. The SMILES string of the molecule is CN(C)CCCNC(=O)CCc1ccc(S(=O)(=O)N(CC(=O)N/N=C2\C(=O)Nc3ccccc32)c2ccc(Cl)cc2)cc1. The van der Waals surface area contributed by atoms with Crippen LogP contribution < -0.4 is 20.4 Å². The van der Waals surface area contributed by atoms with Crippen LogP contribution in [0.2, 0.25) is 5.02 Å². The molecule has 0 atom stereocenters. The number of nitrogens with one attached hydrogen (secondary N) is 3. The van der Waals surface area contributed by atoms with Crippen molar-refractivity contribution in [3.63, 3.8) is 0 Å². The highest BCUT2D eigenvalue weighted by Crippen LogP contribution is 2.26. The number of nitrogens with zero attached hydrogens (tertiary/aromatic N) is 3. The van der Waals surface area contributed by atoms with E-state index in [0.717, 1.165) is 22.8 Å². The molecule has 4 rings (SSSR count). The van der Waals surface area contributed by atoms with Crippen LogP contribution in [0, 0.1) is 0 Å². The molecule has 0 unspecified atom stereocenters. The molecule has 43 heavy (non-hydrogen) atoms. The molecule has 0 bridgehead atoms. The smallest absolute Gasteiger partial charge is 0.276 e. The Balaban J connectivity index is 1.45. The van der Waals surface area contributed by atoms with Crippen LogP contribution in [0.1, 0.15) is 24.0 Å². The quantitative estimate of drug-likeness (QED) is 0.197. The van der Waals surface area contributed by atoms with Crippen LogP contribution in [0.4, 0.5) is 11.4 Å². The predicted molar refractivity (Wildman–Crippen MR) is 167 cm³/mol. The standard InChI is InChI=1S/C30H33ClN6O5S/c1-36(2)19-5-18-32-27(38)17-10-21-8-15-24(16-9-21)43(41,42)37(23-13-11-22(31)12-14-23)20-28(39)34-35-29-25-6-3-4-7-26(25)33-30(29)40/h3-4,6-9,11-16H,5,10,17-20H2,1-2H3,(H,32,38)(H,34,39)(H,33,35,40). The zero-order valence-corrected chi connectivity index (χ0v) is 25.4. The summed E-state index contributed by atoms with van der Waals surface area (Å²) in [6.07, 6.45) is 1.57. The van der Waals surface area contributed by atoms with Gasteiger partial charge in [-0.2, -0.15) is 5.10 Å². The number of hydrogen-bond donors (Lipinski definition) is 3. The zero-order chi connectivity index (χ0) is 31.0. The van der Waals surface area contributed by atoms with Crippen molar-refractivity contribution in [2.24, 2.45) is 5.10 Å². The van der Waals surface area contributed by atoms with E-state index in [9.17, 15) is 22.8 Å². The zero-order valence-electron chi connectivity index (χ0n) is 23.8. The highest BCUT2D eigenvalue weighted by Gasteiger charge is 2.29. The molecule has 1 aliphatic rings. The summed E-state index contributed by atoms with van der Waals surface area (Å²) in [4.78, 5) is 39.5. The summed E-state index contributed by atoms with van der Waals surface area (Å²) in [5, 5.41) is 9.91. The molecule has 0 aliphatic carbocycles. The summed E-state index contributed by atoms with van der Waals surface area (Å²) in [7, 11) is -0.263. The molecule has 13 heteroatoms. The topological polar surface area (TPSA) is 140 Å². The number of benzene rings is 3. The first-order chi connectivity index (χ1) is 20.5. The number of halogens is 1. The van der Waals surface area contributed by atoms with Gasteiger partial charge in [0.05, 0.1) is 16.3 Å². The Morgan fingerprint density at radius 2 is 1.65 bits per heavy atom. The molecule has 0 radical (unpaired) electrons. The number of fused-ring (bicyclic) bond motifs is 1. The molecule has 3 N–H and O–H groups in total. The normalized spacial score (nSPS) is 13.5. The third-order valence-corrected chi connectivity index (χ3v) is 8.64. The summed E-state index contributed by atoms with van der Waals surface area (Å²) in [6, 6.07) is 19.1. The van der Waals surface area contributed by atoms with E-state index in [1.807, 2.05) is 19.0 Å². The van der Waals surface area contributed by atoms with Crippen molar-refractivity contribution in [2.75, 3.05) is 43.4 Å². The number of carbonyl (C=O) groups is 3. The maximum absolute atomic E-state index is 13.7. The Kier molecular flexibility index (Phi) is 10.5. The van der Waals surface area contributed by atoms with Gasteiger partial charge in [0, 0.05) is 23.6 Å². The monoisotopic (exact) mass is 624 g/mol. The van der Waals surface area contributed by atoms with Crippen LogP contribution in [0.3, 0.4) is 0 Å². The second kappa shape index (κ2) is 14.3. The van der Waals surface area contributed by atoms with Gasteiger partial charge >= 0.3 is 0 Å². The summed E-state index contributed by atoms with van der Waals surface area (Å²) < 4.78 is 28.4. The largest absolute Gasteiger partial charge is 0.356 e. The van der Waals surface area contributed by atoms with Crippen LogP contribution in [0.5, 0.6) is 0 Å². The molecule has 1 heterocycles. The number of rotatable bonds is 13. The third kappa shape index (κ3) is 8.40. The molecule has 0 fully saturated rings. The maximum atomic E-state index is 13.7. The number of carbonyl (C=O) groups excluding carboxylic acids is 3. The van der Waals surface area contributed by atoms with Crippen LogP contribution >= 0.6 is 11.6 Å². The lowest BCUT2D eigenvalue weighted by Gasteiger charge is -2.24. The minimum atomic E-state index is -4.21. The Bertz CT molecular complexity index is 1610. The number of hydrogen-bond acceptors (Lipinski definition) is 7. The van der Waals surface area contributed by atoms with Crippen LogP contribution in [0.25, 0.3) is 0 Å². The van der Waals surface area contributed by atoms with E-state index in [4.69, 9.17) is 11.6 Å². The predicted octanol–water partition coefficient (Wildman–Crippen LogP) is 3.01. The molecule has 0 spiro atoms. The average Bonchev–Trinajstić information content (AvgIpc) is 3.31. The van der Waals surface area contributed by atoms with Crippen molar-refractivity contribution in [2.45, 2.75) is 24.2 Å². The van der Waals surface area contributed by atoms with Crippen molar-refractivity contribution < 1.29 is 22.8 Å². The van der Waals surface area contributed by atoms with E-state index in [1.165, 1.54) is 36.4 Å². The first-order valence-electron chi connectivity index (χ1n) is 13.6. The van der Waals surface area contributed by atoms with Gasteiger partial charge in [-0.3, -0.25) is 18.7 Å². The number of sulfonamides is 1. The Morgan fingerprint density at radius 3 is 2.35 bits per heavy atom. The highest BCUT2D eigenvalue weighted by atomic mass is 35.5. The van der Waals surface area contributed by atoms with E-state index in [0.29, 0.717) is 29.2 Å². The average molecular weight is 625 g/mol. The van der Waals surface area contributed by atoms with Crippen LogP contribution in [0.15, 0.2) is 82.8 Å². The molecule has 3 aromatic rings. The van der Waals surface area contributed by atoms with Gasteiger partial charge < -0.3 is 15.5 Å². The van der Waals surface area contributed by atoms with Crippen molar-refractivity contribution in [3.05, 3.63) is 88.9 Å². The summed E-state index contributed by atoms with van der Waals surface area (Å²) >= 11 is 6.01. The van der Waals surface area contributed by atoms with Gasteiger partial charge in [-0.05, 0) is 81.5 Å². The van der Waals surface area contributed by atoms with Crippen LogP contribution in [-0.4, -0.2) is 70.5 Å². The second-order valence-electron chi connectivity index (χ2n) is 10.1. The third-order valence-electron chi connectivity index (χ3n) is 6.60. The molecule has 3 aromatic carbocycles. The minimum Gasteiger partial charge on any atom is -0.356 e. The van der Waals surface area contributed by atoms with E-state index < -0.39 is 28.4 Å². The fraction of sp³-hybridized carbons (Fsp3) is 0.267. The minimum absolute atomic E-state index is 0.0164. The molecule has 226 valence electrons. The van der Waals surface area contributed by atoms with Gasteiger partial charge in [0.1, 0.15) is 6.54 Å². The number of aryl methyl sites for hydroxylation is 1. The van der Waals surface area contributed by atoms with Gasteiger partial charge in [0.15, 0.2) is 5.71 Å². The Hall–Kier alpha value is -4.26. The first-order valence-corrected chi connectivity index (χ1v) is 15.4. The highest BCUT2D eigenvalue weighted by molar-refractivity contribution is 7.92. The van der Waals surface area contributed by atoms with Gasteiger partial charge in [0.2, 0.25) is 5.91 Å². The van der Waals surface area contributed by atoms with E-state index in [2.05, 4.69) is 21.2 Å². The Labute approximate surface area is 256 Å². The molecular formula is C30H33ClN6O5S. The lowest BCUT2D eigenvalue weighted by Crippen LogP contribution is -2.40. The molecule has 1 aliphatic heterocycles. The second-order valence-corrected chi connectivity index (χ2v) is 12.4. The molecule has 0 aromatic heterocycles. The fourth-order valence-electron chi connectivity index (χ4n) is 4.34. The lowest BCUT2D eigenvalue weighted by molar-refractivity contribution is -0.121. The summed E-state index contributed by atoms with van der Waals surface area (Å²) in [5.74, 6) is -1.31. The van der Waals surface area contributed by atoms with Crippen molar-refractivity contribution >= 4 is 56.4 Å². The molecular weight excluding hydrogens is 592 g/mol. The van der Waals surface area contributed by atoms with E-state index >= 15 is 0 Å². The van der Waals surface area contributed by atoms with Gasteiger partial charge in [0.25, 0.3) is 21.8 Å². The number of hydrazone groups is 1. The van der Waals surface area contributed by atoms with Crippen molar-refractivity contribution in [1.82, 2.24) is 15.6 Å². The van der Waals surface area contributed by atoms with Crippen LogP contribution in [-0.2, 0) is 30.8 Å². The molecule has 11 nitrogen and oxygen atoms in total. The van der Waals surface area contributed by atoms with Gasteiger partial charge in [-0.25, -0.2) is 13.8 Å². The summed E-state index contributed by atoms with van der Waals surface area (Å²) in [6.45, 7) is 0.861. The van der Waals surface area contributed by atoms with Crippen molar-refractivity contribution in [3.8, 4) is 0 Å². The van der Waals surface area contributed by atoms with Gasteiger partial charge in [-0.15, -0.1) is 0 Å². The fourth-order valence-corrected chi connectivity index (χ4v) is 5.89. The Morgan fingerprint density at radius 1 is 0.953 bits per heavy atom. The lowest BCUT2D eigenvalue weighted by atomic mass is 10.1. The van der Waals surface area contributed by atoms with E-state index in [-0.39, 0.29) is 28.6 Å². The van der Waals surface area contributed by atoms with E-state index in [1.54, 1.807) is 36.4 Å².